The van der Waals surface area contributed by atoms with Crippen LogP contribution >= 0.6 is 11.8 Å². The maximum atomic E-state index is 12.7. The molecule has 1 fully saturated rings. The Kier molecular flexibility index (Phi) is 5.22. The highest BCUT2D eigenvalue weighted by Crippen LogP contribution is 2.40. The second-order valence-electron chi connectivity index (χ2n) is 6.24. The highest BCUT2D eigenvalue weighted by molar-refractivity contribution is 8.00. The molecule has 1 N–H and O–H groups in total. The predicted molar refractivity (Wildman–Crippen MR) is 98.1 cm³/mol. The number of thioether (sulfide) groups is 1. The molecule has 1 aliphatic carbocycles. The molecular weight excluding hydrogens is 336 g/mol. The Labute approximate surface area is 151 Å². The van der Waals surface area contributed by atoms with E-state index < -0.39 is 0 Å². The molecule has 1 saturated carbocycles. The van der Waals surface area contributed by atoms with E-state index in [0.717, 1.165) is 17.5 Å². The van der Waals surface area contributed by atoms with Crippen LogP contribution in [0, 0.1) is 0 Å². The number of nitrogens with zero attached hydrogens (tertiary/aromatic N) is 3. The molecule has 0 spiro atoms. The molecule has 0 bridgehead atoms. The van der Waals surface area contributed by atoms with Gasteiger partial charge in [0, 0.05) is 30.6 Å². The third-order valence-electron chi connectivity index (χ3n) is 4.15. The van der Waals surface area contributed by atoms with Gasteiger partial charge in [-0.05, 0) is 51.0 Å². The minimum Gasteiger partial charge on any atom is -0.326 e. The number of Topliss-reactive ketones (excluding diaryl/α,β-unsaturated/α-hetero) is 1. The van der Waals surface area contributed by atoms with Gasteiger partial charge in [-0.25, -0.2) is 0 Å². The summed E-state index contributed by atoms with van der Waals surface area (Å²) in [4.78, 5) is 23.7. The number of aromatic nitrogens is 3. The summed E-state index contributed by atoms with van der Waals surface area (Å²) in [5.74, 6) is 1.49. The fourth-order valence-electron chi connectivity index (χ4n) is 2.70. The van der Waals surface area contributed by atoms with E-state index in [4.69, 9.17) is 0 Å². The van der Waals surface area contributed by atoms with Crippen molar-refractivity contribution in [2.24, 2.45) is 0 Å². The maximum absolute atomic E-state index is 12.7. The van der Waals surface area contributed by atoms with Gasteiger partial charge in [0.05, 0.1) is 5.25 Å². The van der Waals surface area contributed by atoms with Crippen molar-refractivity contribution in [1.29, 1.82) is 0 Å². The average Bonchev–Trinajstić information content (AvgIpc) is 3.35. The Morgan fingerprint density at radius 3 is 2.52 bits per heavy atom. The van der Waals surface area contributed by atoms with Crippen molar-refractivity contribution >= 4 is 29.1 Å². The van der Waals surface area contributed by atoms with Gasteiger partial charge in [0.1, 0.15) is 5.82 Å². The second-order valence-corrected chi connectivity index (χ2v) is 7.55. The van der Waals surface area contributed by atoms with E-state index in [1.54, 1.807) is 24.3 Å². The lowest BCUT2D eigenvalue weighted by Gasteiger charge is -2.12. The number of anilines is 1. The van der Waals surface area contributed by atoms with Crippen LogP contribution in [0.1, 0.15) is 55.7 Å². The van der Waals surface area contributed by atoms with Crippen molar-refractivity contribution < 1.29 is 9.59 Å². The van der Waals surface area contributed by atoms with E-state index in [2.05, 4.69) is 27.0 Å². The molecule has 1 amide bonds. The zero-order valence-electron chi connectivity index (χ0n) is 14.7. The summed E-state index contributed by atoms with van der Waals surface area (Å²) in [6.45, 7) is 6.23. The quantitative estimate of drug-likeness (QED) is 0.605. The molecule has 25 heavy (non-hydrogen) atoms. The molecule has 132 valence electrons. The maximum Gasteiger partial charge on any atom is 0.221 e. The summed E-state index contributed by atoms with van der Waals surface area (Å²) in [6, 6.07) is 6.97. The molecule has 7 heteroatoms. The van der Waals surface area contributed by atoms with Gasteiger partial charge in [0.2, 0.25) is 5.91 Å². The summed E-state index contributed by atoms with van der Waals surface area (Å²) in [5.41, 5.74) is 1.31. The van der Waals surface area contributed by atoms with Gasteiger partial charge in [-0.3, -0.25) is 9.59 Å². The Morgan fingerprint density at radius 2 is 1.96 bits per heavy atom. The zero-order chi connectivity index (χ0) is 18.0. The van der Waals surface area contributed by atoms with Crippen LogP contribution in [0.5, 0.6) is 0 Å². The van der Waals surface area contributed by atoms with Gasteiger partial charge >= 0.3 is 0 Å². The first kappa shape index (κ1) is 17.7. The SMILES string of the molecule is CCn1c(S[C@H](C)C(=O)c2ccc(NC(C)=O)cc2)nnc1C1CC1. The minimum atomic E-state index is -0.256. The topological polar surface area (TPSA) is 76.9 Å². The van der Waals surface area contributed by atoms with Crippen molar-refractivity contribution in [1.82, 2.24) is 14.8 Å². The zero-order valence-corrected chi connectivity index (χ0v) is 15.5. The first-order valence-corrected chi connectivity index (χ1v) is 9.39. The minimum absolute atomic E-state index is 0.0398. The Morgan fingerprint density at radius 1 is 1.28 bits per heavy atom. The van der Waals surface area contributed by atoms with Gasteiger partial charge in [-0.1, -0.05) is 11.8 Å². The summed E-state index contributed by atoms with van der Waals surface area (Å²) in [5, 5.41) is 11.8. The highest BCUT2D eigenvalue weighted by atomic mass is 32.2. The van der Waals surface area contributed by atoms with Crippen LogP contribution in [0.4, 0.5) is 5.69 Å². The lowest BCUT2D eigenvalue weighted by atomic mass is 10.1. The normalized spacial score (nSPS) is 15.0. The fraction of sp³-hybridized carbons (Fsp3) is 0.444. The summed E-state index contributed by atoms with van der Waals surface area (Å²) in [6.07, 6.45) is 2.36. The van der Waals surface area contributed by atoms with Crippen molar-refractivity contribution in [2.45, 2.75) is 56.5 Å². The molecule has 0 aliphatic heterocycles. The van der Waals surface area contributed by atoms with Crippen LogP contribution in [0.15, 0.2) is 29.4 Å². The summed E-state index contributed by atoms with van der Waals surface area (Å²) in [7, 11) is 0. The number of carbonyl (C=O) groups is 2. The Balaban J connectivity index is 1.69. The highest BCUT2D eigenvalue weighted by Gasteiger charge is 2.30. The molecule has 3 rings (SSSR count). The van der Waals surface area contributed by atoms with Crippen LogP contribution in [0.3, 0.4) is 0 Å². The van der Waals surface area contributed by atoms with E-state index >= 15 is 0 Å². The monoisotopic (exact) mass is 358 g/mol. The number of hydrogen-bond acceptors (Lipinski definition) is 5. The van der Waals surface area contributed by atoms with E-state index in [1.165, 1.54) is 31.5 Å². The van der Waals surface area contributed by atoms with Crippen LogP contribution in [0.2, 0.25) is 0 Å². The standard InChI is InChI=1S/C18H22N4O2S/c1-4-22-17(14-5-6-14)20-21-18(22)25-11(2)16(24)13-7-9-15(10-8-13)19-12(3)23/h7-11,14H,4-6H2,1-3H3,(H,19,23)/t11-/m1/s1. The van der Waals surface area contributed by atoms with Gasteiger partial charge in [-0.2, -0.15) is 0 Å². The molecule has 0 radical (unpaired) electrons. The van der Waals surface area contributed by atoms with E-state index in [9.17, 15) is 9.59 Å². The number of nitrogens with one attached hydrogen (secondary N) is 1. The Bertz CT molecular complexity index is 781. The summed E-state index contributed by atoms with van der Waals surface area (Å²) < 4.78 is 2.12. The number of amides is 1. The number of ketones is 1. The molecule has 1 aliphatic rings. The molecule has 1 aromatic heterocycles. The molecule has 6 nitrogen and oxygen atoms in total. The fourth-order valence-corrected chi connectivity index (χ4v) is 3.69. The molecule has 0 unspecified atom stereocenters. The van der Waals surface area contributed by atoms with Crippen molar-refractivity contribution in [3.8, 4) is 0 Å². The lowest BCUT2D eigenvalue weighted by molar-refractivity contribution is -0.114. The van der Waals surface area contributed by atoms with Crippen molar-refractivity contribution in [2.75, 3.05) is 5.32 Å². The molecule has 1 aromatic carbocycles. The van der Waals surface area contributed by atoms with E-state index in [0.29, 0.717) is 17.2 Å². The molecule has 1 heterocycles. The average molecular weight is 358 g/mol. The number of hydrogen-bond donors (Lipinski definition) is 1. The van der Waals surface area contributed by atoms with Gasteiger partial charge in [0.25, 0.3) is 0 Å². The smallest absolute Gasteiger partial charge is 0.221 e. The summed E-state index contributed by atoms with van der Waals surface area (Å²) >= 11 is 1.45. The van der Waals surface area contributed by atoms with Crippen LogP contribution in [-0.4, -0.2) is 31.7 Å². The van der Waals surface area contributed by atoms with E-state index in [-0.39, 0.29) is 16.9 Å². The molecule has 1 atom stereocenters. The number of rotatable bonds is 7. The largest absolute Gasteiger partial charge is 0.326 e. The van der Waals surface area contributed by atoms with Crippen molar-refractivity contribution in [3.05, 3.63) is 35.7 Å². The third-order valence-corrected chi connectivity index (χ3v) is 5.23. The molecular formula is C18H22N4O2S. The Hall–Kier alpha value is -2.15. The van der Waals surface area contributed by atoms with Crippen LogP contribution in [0.25, 0.3) is 0 Å². The lowest BCUT2D eigenvalue weighted by Crippen LogP contribution is -2.15. The first-order valence-electron chi connectivity index (χ1n) is 8.51. The third kappa shape index (κ3) is 4.10. The number of carbonyl (C=O) groups excluding carboxylic acids is 2. The molecule has 0 saturated heterocycles. The van der Waals surface area contributed by atoms with Crippen LogP contribution < -0.4 is 5.32 Å². The van der Waals surface area contributed by atoms with Crippen molar-refractivity contribution in [3.63, 3.8) is 0 Å². The van der Waals surface area contributed by atoms with Crippen LogP contribution in [-0.2, 0) is 11.3 Å². The van der Waals surface area contributed by atoms with Gasteiger partial charge < -0.3 is 9.88 Å². The molecule has 2 aromatic rings. The van der Waals surface area contributed by atoms with E-state index in [1.807, 2.05) is 6.92 Å². The second kappa shape index (κ2) is 7.39. The number of benzene rings is 1. The first-order chi connectivity index (χ1) is 12.0. The van der Waals surface area contributed by atoms with Gasteiger partial charge in [-0.15, -0.1) is 10.2 Å². The van der Waals surface area contributed by atoms with Gasteiger partial charge in [0.15, 0.2) is 10.9 Å². The predicted octanol–water partition coefficient (Wildman–Crippen LogP) is 3.50.